The van der Waals surface area contributed by atoms with Crippen LogP contribution in [0.25, 0.3) is 0 Å². The molecular formula is C21H32N4O5S. The Morgan fingerprint density at radius 2 is 1.71 bits per heavy atom. The van der Waals surface area contributed by atoms with Crippen LogP contribution >= 0.6 is 0 Å². The Labute approximate surface area is 184 Å². The molecule has 3 saturated heterocycles. The van der Waals surface area contributed by atoms with Gasteiger partial charge in [0.25, 0.3) is 0 Å². The highest BCUT2D eigenvalue weighted by Crippen LogP contribution is 2.22. The van der Waals surface area contributed by atoms with Crippen LogP contribution in [0.15, 0.2) is 35.2 Å². The standard InChI is InChI=1S/C21H32N4O5S/c26-21(22-16-20(18-6-13-30-17-18)23-11-14-29-15-12-23)24-7-9-25(10-8-24)31(27,28)19-4-2-1-3-5-19/h1-5,18,20H,6-17H2,(H,22,26)/t18-,20+/m0/s1. The van der Waals surface area contributed by atoms with Crippen molar-refractivity contribution in [2.45, 2.75) is 17.4 Å². The van der Waals surface area contributed by atoms with Crippen molar-refractivity contribution in [1.82, 2.24) is 19.4 Å². The Morgan fingerprint density at radius 3 is 2.35 bits per heavy atom. The van der Waals surface area contributed by atoms with Crippen molar-refractivity contribution in [3.63, 3.8) is 0 Å². The van der Waals surface area contributed by atoms with Gasteiger partial charge >= 0.3 is 6.03 Å². The third-order valence-corrected chi connectivity index (χ3v) is 8.31. The van der Waals surface area contributed by atoms with Gasteiger partial charge in [-0.1, -0.05) is 18.2 Å². The molecule has 1 aromatic carbocycles. The lowest BCUT2D eigenvalue weighted by Crippen LogP contribution is -2.56. The van der Waals surface area contributed by atoms with Crippen molar-refractivity contribution in [1.29, 1.82) is 0 Å². The maximum Gasteiger partial charge on any atom is 0.317 e. The third kappa shape index (κ3) is 5.38. The predicted octanol–water partition coefficient (Wildman–Crippen LogP) is 0.440. The van der Waals surface area contributed by atoms with E-state index < -0.39 is 10.0 Å². The van der Waals surface area contributed by atoms with E-state index in [1.165, 1.54) is 4.31 Å². The van der Waals surface area contributed by atoms with Gasteiger partial charge in [0, 0.05) is 64.4 Å². The Hall–Kier alpha value is -1.72. The van der Waals surface area contributed by atoms with Gasteiger partial charge in [-0.05, 0) is 18.6 Å². The number of rotatable bonds is 6. The molecule has 10 heteroatoms. The molecule has 2 amide bonds. The first kappa shape index (κ1) is 22.5. The quantitative estimate of drug-likeness (QED) is 0.674. The molecule has 0 aliphatic carbocycles. The number of hydrogen-bond acceptors (Lipinski definition) is 6. The summed E-state index contributed by atoms with van der Waals surface area (Å²) in [5, 5.41) is 3.09. The summed E-state index contributed by atoms with van der Waals surface area (Å²) in [7, 11) is -3.52. The molecule has 31 heavy (non-hydrogen) atoms. The number of sulfonamides is 1. The molecule has 0 spiro atoms. The second-order valence-electron chi connectivity index (χ2n) is 8.23. The van der Waals surface area contributed by atoms with E-state index in [4.69, 9.17) is 9.47 Å². The minimum Gasteiger partial charge on any atom is -0.381 e. The molecular weight excluding hydrogens is 420 g/mol. The molecule has 0 aromatic heterocycles. The minimum absolute atomic E-state index is 0.131. The lowest BCUT2D eigenvalue weighted by molar-refractivity contribution is 0.00180. The van der Waals surface area contributed by atoms with Crippen molar-refractivity contribution in [3.05, 3.63) is 30.3 Å². The van der Waals surface area contributed by atoms with Gasteiger partial charge in [0.2, 0.25) is 10.0 Å². The summed E-state index contributed by atoms with van der Waals surface area (Å²) in [5.74, 6) is 0.409. The fourth-order valence-corrected chi connectivity index (χ4v) is 5.98. The highest BCUT2D eigenvalue weighted by molar-refractivity contribution is 7.89. The first-order valence-corrected chi connectivity index (χ1v) is 12.5. The summed E-state index contributed by atoms with van der Waals surface area (Å²) in [6.07, 6.45) is 1.01. The molecule has 1 aromatic rings. The zero-order valence-corrected chi connectivity index (χ0v) is 18.6. The van der Waals surface area contributed by atoms with Crippen LogP contribution in [-0.4, -0.2) is 107 Å². The molecule has 3 fully saturated rings. The number of hydrogen-bond donors (Lipinski definition) is 1. The van der Waals surface area contributed by atoms with Crippen LogP contribution in [-0.2, 0) is 19.5 Å². The van der Waals surface area contributed by atoms with Crippen LogP contribution in [0.2, 0.25) is 0 Å². The lowest BCUT2D eigenvalue weighted by Gasteiger charge is -2.38. The largest absolute Gasteiger partial charge is 0.381 e. The Bertz CT molecular complexity index is 817. The van der Waals surface area contributed by atoms with Gasteiger partial charge in [-0.3, -0.25) is 4.90 Å². The molecule has 3 aliphatic heterocycles. The summed E-state index contributed by atoms with van der Waals surface area (Å²) >= 11 is 0. The van der Waals surface area contributed by atoms with Crippen molar-refractivity contribution >= 4 is 16.1 Å². The number of benzene rings is 1. The van der Waals surface area contributed by atoms with Crippen LogP contribution in [0, 0.1) is 5.92 Å². The van der Waals surface area contributed by atoms with Crippen molar-refractivity contribution < 1.29 is 22.7 Å². The monoisotopic (exact) mass is 452 g/mol. The van der Waals surface area contributed by atoms with Crippen LogP contribution < -0.4 is 5.32 Å². The smallest absolute Gasteiger partial charge is 0.317 e. The molecule has 4 rings (SSSR count). The molecule has 0 saturated carbocycles. The number of nitrogens with one attached hydrogen (secondary N) is 1. The summed E-state index contributed by atoms with van der Waals surface area (Å²) in [5.41, 5.74) is 0. The average Bonchev–Trinajstić information content (AvgIpc) is 3.35. The van der Waals surface area contributed by atoms with Crippen molar-refractivity contribution in [2.24, 2.45) is 5.92 Å². The lowest BCUT2D eigenvalue weighted by atomic mass is 9.97. The highest BCUT2D eigenvalue weighted by atomic mass is 32.2. The van der Waals surface area contributed by atoms with Gasteiger partial charge in [-0.25, -0.2) is 13.2 Å². The van der Waals surface area contributed by atoms with Crippen LogP contribution in [0.4, 0.5) is 4.79 Å². The second-order valence-corrected chi connectivity index (χ2v) is 10.2. The fourth-order valence-electron chi connectivity index (χ4n) is 4.54. The zero-order chi connectivity index (χ0) is 21.7. The average molecular weight is 453 g/mol. The number of ether oxygens (including phenoxy) is 2. The first-order valence-electron chi connectivity index (χ1n) is 11.0. The van der Waals surface area contributed by atoms with E-state index in [1.807, 2.05) is 0 Å². The molecule has 3 aliphatic rings. The first-order chi connectivity index (χ1) is 15.1. The van der Waals surface area contributed by atoms with Crippen LogP contribution in [0.1, 0.15) is 6.42 Å². The molecule has 0 radical (unpaired) electrons. The summed E-state index contributed by atoms with van der Waals surface area (Å²) in [6, 6.07) is 8.54. The van der Waals surface area contributed by atoms with E-state index in [0.717, 1.165) is 45.9 Å². The molecule has 0 unspecified atom stereocenters. The Balaban J connectivity index is 1.30. The van der Waals surface area contributed by atoms with Gasteiger partial charge in [-0.2, -0.15) is 4.31 Å². The van der Waals surface area contributed by atoms with E-state index in [0.29, 0.717) is 43.5 Å². The van der Waals surface area contributed by atoms with E-state index >= 15 is 0 Å². The molecule has 2 atom stereocenters. The van der Waals surface area contributed by atoms with Crippen LogP contribution in [0.3, 0.4) is 0 Å². The Morgan fingerprint density at radius 1 is 1.00 bits per heavy atom. The van der Waals surface area contributed by atoms with Crippen molar-refractivity contribution in [2.75, 3.05) is 72.2 Å². The van der Waals surface area contributed by atoms with Crippen LogP contribution in [0.5, 0.6) is 0 Å². The SMILES string of the molecule is O=C(NC[C@H]([C@H]1CCOC1)N1CCOCC1)N1CCN(S(=O)(=O)c2ccccc2)CC1. The fraction of sp³-hybridized carbons (Fsp3) is 0.667. The van der Waals surface area contributed by atoms with E-state index in [1.54, 1.807) is 35.2 Å². The normalized spacial score (nSPS) is 24.8. The molecule has 1 N–H and O–H groups in total. The molecule has 172 valence electrons. The minimum atomic E-state index is -3.52. The third-order valence-electron chi connectivity index (χ3n) is 6.39. The summed E-state index contributed by atoms with van der Waals surface area (Å²) in [6.45, 7) is 6.60. The van der Waals surface area contributed by atoms with Crippen molar-refractivity contribution in [3.8, 4) is 0 Å². The number of morpholine rings is 1. The maximum absolute atomic E-state index is 12.8. The van der Waals surface area contributed by atoms with E-state index in [2.05, 4.69) is 10.2 Å². The number of carbonyl (C=O) groups is 1. The second kappa shape index (κ2) is 10.3. The van der Waals surface area contributed by atoms with Gasteiger partial charge in [0.1, 0.15) is 0 Å². The van der Waals surface area contributed by atoms with E-state index in [9.17, 15) is 13.2 Å². The number of piperazine rings is 1. The number of amides is 2. The summed E-state index contributed by atoms with van der Waals surface area (Å²) < 4.78 is 38.1. The number of urea groups is 1. The molecule has 0 bridgehead atoms. The van der Waals surface area contributed by atoms with Gasteiger partial charge in [0.05, 0.1) is 24.7 Å². The van der Waals surface area contributed by atoms with Gasteiger partial charge < -0.3 is 19.7 Å². The predicted molar refractivity (Wildman–Crippen MR) is 115 cm³/mol. The maximum atomic E-state index is 12.8. The van der Waals surface area contributed by atoms with Gasteiger partial charge in [0.15, 0.2) is 0 Å². The Kier molecular flexibility index (Phi) is 7.44. The molecule has 3 heterocycles. The zero-order valence-electron chi connectivity index (χ0n) is 17.8. The number of nitrogens with zero attached hydrogens (tertiary/aromatic N) is 3. The highest BCUT2D eigenvalue weighted by Gasteiger charge is 2.33. The molecule has 9 nitrogen and oxygen atoms in total. The van der Waals surface area contributed by atoms with E-state index in [-0.39, 0.29) is 12.1 Å². The topological polar surface area (TPSA) is 91.4 Å². The summed E-state index contributed by atoms with van der Waals surface area (Å²) in [4.78, 5) is 17.2. The van der Waals surface area contributed by atoms with Gasteiger partial charge in [-0.15, -0.1) is 0 Å². The number of carbonyl (C=O) groups excluding carboxylic acids is 1.